The van der Waals surface area contributed by atoms with Crippen molar-refractivity contribution in [3.8, 4) is 0 Å². The Morgan fingerprint density at radius 3 is 1.93 bits per heavy atom. The fourth-order valence-electron chi connectivity index (χ4n) is 1.52. The number of carbonyl (C=O) groups excluding carboxylic acids is 1. The van der Waals surface area contributed by atoms with E-state index in [0.29, 0.717) is 0 Å². The number of hydrogen-bond acceptors (Lipinski definition) is 3. The van der Waals surface area contributed by atoms with Crippen LogP contribution < -0.4 is 0 Å². The minimum atomic E-state index is -0.651. The van der Waals surface area contributed by atoms with Gasteiger partial charge in [0.1, 0.15) is 0 Å². The van der Waals surface area contributed by atoms with Crippen molar-refractivity contribution < 1.29 is 14.6 Å². The second-order valence-electron chi connectivity index (χ2n) is 5.10. The molecule has 2 atom stereocenters. The molecule has 0 rings (SSSR count). The van der Waals surface area contributed by atoms with Gasteiger partial charge in [-0.25, -0.2) is 0 Å². The molecule has 1 N–H and O–H groups in total. The molecule has 0 aliphatic heterocycles. The summed E-state index contributed by atoms with van der Waals surface area (Å²) in [5.41, 5.74) is -0.281. The number of ether oxygens (including phenoxy) is 1. The Labute approximate surface area is 86.5 Å². The van der Waals surface area contributed by atoms with Crippen LogP contribution in [0.5, 0.6) is 0 Å². The van der Waals surface area contributed by atoms with E-state index in [2.05, 4.69) is 0 Å². The highest BCUT2D eigenvalue weighted by molar-refractivity contribution is 5.73. The lowest BCUT2D eigenvalue weighted by Gasteiger charge is -2.33. The summed E-state index contributed by atoms with van der Waals surface area (Å²) in [6.45, 7) is 9.58. The standard InChI is InChI=1S/C11H22O3/c1-7(2)9(12)8(10(13)14-6)11(3,4)5/h7-9,12H,1-6H3/t8-,9-/m1/s1. The van der Waals surface area contributed by atoms with Gasteiger partial charge in [-0.15, -0.1) is 0 Å². The normalized spacial score (nSPS) is 16.6. The molecular formula is C11H22O3. The van der Waals surface area contributed by atoms with Crippen LogP contribution in [0, 0.1) is 17.3 Å². The number of esters is 1. The van der Waals surface area contributed by atoms with Crippen LogP contribution in [-0.4, -0.2) is 24.3 Å². The third kappa shape index (κ3) is 3.29. The zero-order valence-corrected chi connectivity index (χ0v) is 10.00. The van der Waals surface area contributed by atoms with Gasteiger partial charge in [-0.1, -0.05) is 34.6 Å². The Morgan fingerprint density at radius 2 is 1.71 bits per heavy atom. The Morgan fingerprint density at radius 1 is 1.29 bits per heavy atom. The van der Waals surface area contributed by atoms with Crippen molar-refractivity contribution in [1.82, 2.24) is 0 Å². The molecule has 0 aromatic carbocycles. The maximum Gasteiger partial charge on any atom is 0.311 e. The number of methoxy groups -OCH3 is 1. The van der Waals surface area contributed by atoms with E-state index in [-0.39, 0.29) is 17.3 Å². The summed E-state index contributed by atoms with van der Waals surface area (Å²) in [6.07, 6.45) is -0.651. The van der Waals surface area contributed by atoms with Crippen LogP contribution in [0.1, 0.15) is 34.6 Å². The Kier molecular flexibility index (Phi) is 4.59. The molecule has 14 heavy (non-hydrogen) atoms. The lowest BCUT2D eigenvalue weighted by atomic mass is 9.74. The average molecular weight is 202 g/mol. The predicted octanol–water partition coefficient (Wildman–Crippen LogP) is 1.84. The van der Waals surface area contributed by atoms with E-state index in [9.17, 15) is 9.90 Å². The van der Waals surface area contributed by atoms with Gasteiger partial charge in [0.25, 0.3) is 0 Å². The number of rotatable bonds is 3. The van der Waals surface area contributed by atoms with Crippen molar-refractivity contribution in [3.63, 3.8) is 0 Å². The topological polar surface area (TPSA) is 46.5 Å². The van der Waals surface area contributed by atoms with E-state index < -0.39 is 12.0 Å². The molecule has 0 amide bonds. The Bertz CT molecular complexity index is 191. The summed E-state index contributed by atoms with van der Waals surface area (Å²) < 4.78 is 4.71. The fourth-order valence-corrected chi connectivity index (χ4v) is 1.52. The zero-order chi connectivity index (χ0) is 11.5. The maximum atomic E-state index is 11.5. The van der Waals surface area contributed by atoms with Crippen LogP contribution in [0.15, 0.2) is 0 Å². The largest absolute Gasteiger partial charge is 0.469 e. The van der Waals surface area contributed by atoms with Gasteiger partial charge in [-0.2, -0.15) is 0 Å². The predicted molar refractivity (Wildman–Crippen MR) is 55.8 cm³/mol. The molecule has 0 fully saturated rings. The monoisotopic (exact) mass is 202 g/mol. The van der Waals surface area contributed by atoms with Crippen LogP contribution in [0.3, 0.4) is 0 Å². The van der Waals surface area contributed by atoms with Crippen molar-refractivity contribution in [2.75, 3.05) is 7.11 Å². The van der Waals surface area contributed by atoms with E-state index in [1.165, 1.54) is 7.11 Å². The highest BCUT2D eigenvalue weighted by atomic mass is 16.5. The van der Waals surface area contributed by atoms with E-state index in [1.807, 2.05) is 34.6 Å². The molecule has 0 heterocycles. The second-order valence-corrected chi connectivity index (χ2v) is 5.10. The van der Waals surface area contributed by atoms with Crippen LogP contribution in [0.2, 0.25) is 0 Å². The smallest absolute Gasteiger partial charge is 0.311 e. The van der Waals surface area contributed by atoms with Crippen LogP contribution in [-0.2, 0) is 9.53 Å². The Hall–Kier alpha value is -0.570. The SMILES string of the molecule is COC(=O)[C@@H]([C@H](O)C(C)C)C(C)(C)C. The van der Waals surface area contributed by atoms with Crippen LogP contribution in [0.25, 0.3) is 0 Å². The third-order valence-corrected chi connectivity index (χ3v) is 2.41. The van der Waals surface area contributed by atoms with Crippen molar-refractivity contribution >= 4 is 5.97 Å². The molecule has 0 saturated heterocycles. The first-order valence-corrected chi connectivity index (χ1v) is 4.97. The van der Waals surface area contributed by atoms with Gasteiger partial charge in [-0.3, -0.25) is 4.79 Å². The minimum absolute atomic E-state index is 0.0540. The molecule has 3 heteroatoms. The number of carbonyl (C=O) groups is 1. The van der Waals surface area contributed by atoms with E-state index in [1.54, 1.807) is 0 Å². The first-order chi connectivity index (χ1) is 6.21. The Balaban J connectivity index is 4.82. The van der Waals surface area contributed by atoms with Gasteiger partial charge < -0.3 is 9.84 Å². The van der Waals surface area contributed by atoms with E-state index in [0.717, 1.165) is 0 Å². The molecule has 84 valence electrons. The summed E-state index contributed by atoms with van der Waals surface area (Å²) in [4.78, 5) is 11.5. The molecule has 0 saturated carbocycles. The van der Waals surface area contributed by atoms with E-state index in [4.69, 9.17) is 4.74 Å². The summed E-state index contributed by atoms with van der Waals surface area (Å²) in [6, 6.07) is 0. The minimum Gasteiger partial charge on any atom is -0.469 e. The van der Waals surface area contributed by atoms with E-state index >= 15 is 0 Å². The average Bonchev–Trinajstić information content (AvgIpc) is 2.01. The highest BCUT2D eigenvalue weighted by Gasteiger charge is 2.39. The van der Waals surface area contributed by atoms with Gasteiger partial charge >= 0.3 is 5.97 Å². The molecule has 0 bridgehead atoms. The van der Waals surface area contributed by atoms with Crippen LogP contribution in [0.4, 0.5) is 0 Å². The van der Waals surface area contributed by atoms with Crippen molar-refractivity contribution in [2.45, 2.75) is 40.7 Å². The zero-order valence-electron chi connectivity index (χ0n) is 10.00. The molecule has 0 radical (unpaired) electrons. The fraction of sp³-hybridized carbons (Fsp3) is 0.909. The molecule has 0 unspecified atom stereocenters. The first kappa shape index (κ1) is 13.4. The summed E-state index contributed by atoms with van der Waals surface area (Å²) >= 11 is 0. The maximum absolute atomic E-state index is 11.5. The highest BCUT2D eigenvalue weighted by Crippen LogP contribution is 2.32. The number of hydrogen-bond donors (Lipinski definition) is 1. The van der Waals surface area contributed by atoms with Gasteiger partial charge in [0, 0.05) is 0 Å². The molecule has 0 aliphatic carbocycles. The number of aliphatic hydroxyl groups excluding tert-OH is 1. The van der Waals surface area contributed by atoms with Crippen molar-refractivity contribution in [2.24, 2.45) is 17.3 Å². The lowest BCUT2D eigenvalue weighted by molar-refractivity contribution is -0.156. The third-order valence-electron chi connectivity index (χ3n) is 2.41. The van der Waals surface area contributed by atoms with Gasteiger partial charge in [0.05, 0.1) is 19.1 Å². The molecule has 3 nitrogen and oxygen atoms in total. The first-order valence-electron chi connectivity index (χ1n) is 4.97. The van der Waals surface area contributed by atoms with Crippen molar-refractivity contribution in [3.05, 3.63) is 0 Å². The number of aliphatic hydroxyl groups is 1. The molecule has 0 aliphatic rings. The van der Waals surface area contributed by atoms with Gasteiger partial charge in [-0.05, 0) is 11.3 Å². The summed E-state index contributed by atoms with van der Waals surface area (Å²) in [5, 5.41) is 9.92. The molecule has 0 aromatic heterocycles. The summed E-state index contributed by atoms with van der Waals surface area (Å²) in [7, 11) is 1.36. The quantitative estimate of drug-likeness (QED) is 0.710. The van der Waals surface area contributed by atoms with Crippen LogP contribution >= 0.6 is 0 Å². The van der Waals surface area contributed by atoms with Gasteiger partial charge in [0.2, 0.25) is 0 Å². The lowest BCUT2D eigenvalue weighted by Crippen LogP contribution is -2.41. The van der Waals surface area contributed by atoms with Crippen molar-refractivity contribution in [1.29, 1.82) is 0 Å². The molecular weight excluding hydrogens is 180 g/mol. The summed E-state index contributed by atoms with van der Waals surface area (Å²) in [5.74, 6) is -0.746. The second kappa shape index (κ2) is 4.78. The van der Waals surface area contributed by atoms with Gasteiger partial charge in [0.15, 0.2) is 0 Å². The molecule has 0 aromatic rings. The molecule has 0 spiro atoms.